The molecule has 1 N–H and O–H groups in total. The second-order valence-electron chi connectivity index (χ2n) is 7.92. The van der Waals surface area contributed by atoms with Gasteiger partial charge in [0.05, 0.1) is 43.7 Å². The zero-order valence-corrected chi connectivity index (χ0v) is 20.5. The maximum atomic E-state index is 12.9. The minimum absolute atomic E-state index is 0.0807. The van der Waals surface area contributed by atoms with Crippen molar-refractivity contribution in [3.05, 3.63) is 83.9 Å². The molecule has 1 aromatic heterocycles. The van der Waals surface area contributed by atoms with Gasteiger partial charge in [-0.15, -0.1) is 11.8 Å². The van der Waals surface area contributed by atoms with E-state index >= 15 is 0 Å². The highest BCUT2D eigenvalue weighted by Gasteiger charge is 2.33. The Bertz CT molecular complexity index is 1330. The molecule has 0 aliphatic carbocycles. The van der Waals surface area contributed by atoms with Crippen molar-refractivity contribution >= 4 is 23.5 Å². The van der Waals surface area contributed by atoms with Gasteiger partial charge in [-0.2, -0.15) is 5.10 Å². The summed E-state index contributed by atoms with van der Waals surface area (Å²) >= 11 is 1.54. The van der Waals surface area contributed by atoms with E-state index in [0.29, 0.717) is 28.8 Å². The number of carbonyl (C=O) groups is 1. The Morgan fingerprint density at radius 2 is 1.54 bits per heavy atom. The molecule has 0 fully saturated rings. The van der Waals surface area contributed by atoms with Gasteiger partial charge in [0.25, 0.3) is 0 Å². The molecule has 0 saturated heterocycles. The molecule has 1 atom stereocenters. The van der Waals surface area contributed by atoms with Crippen molar-refractivity contribution in [2.75, 3.05) is 32.4 Å². The quantitative estimate of drug-likeness (QED) is 0.396. The van der Waals surface area contributed by atoms with Crippen LogP contribution in [0.4, 0.5) is 5.82 Å². The zero-order valence-electron chi connectivity index (χ0n) is 19.6. The molecule has 1 aliphatic heterocycles. The van der Waals surface area contributed by atoms with Gasteiger partial charge < -0.3 is 19.5 Å². The number of hydrogen-bond acceptors (Lipinski definition) is 6. The summed E-state index contributed by atoms with van der Waals surface area (Å²) in [6, 6.07) is 23.7. The van der Waals surface area contributed by atoms with Gasteiger partial charge in [0, 0.05) is 11.1 Å². The molecule has 0 saturated carbocycles. The minimum atomic E-state index is -0.217. The summed E-state index contributed by atoms with van der Waals surface area (Å²) in [5.41, 5.74) is 4.48. The first-order valence-corrected chi connectivity index (χ1v) is 12.1. The second kappa shape index (κ2) is 9.76. The number of hydrogen-bond donors (Lipinski definition) is 1. The van der Waals surface area contributed by atoms with Gasteiger partial charge in [0.15, 0.2) is 11.5 Å². The summed E-state index contributed by atoms with van der Waals surface area (Å²) < 4.78 is 18.6. The number of fused-ring (bicyclic) bond motifs is 1. The van der Waals surface area contributed by atoms with E-state index in [9.17, 15) is 4.79 Å². The summed E-state index contributed by atoms with van der Waals surface area (Å²) in [6.07, 6.45) is 0. The van der Waals surface area contributed by atoms with E-state index in [0.717, 1.165) is 28.1 Å². The van der Waals surface area contributed by atoms with E-state index in [1.54, 1.807) is 21.3 Å². The summed E-state index contributed by atoms with van der Waals surface area (Å²) in [6.45, 7) is 0. The molecule has 0 bridgehead atoms. The van der Waals surface area contributed by atoms with Crippen LogP contribution in [0.1, 0.15) is 16.4 Å². The standard InChI is InChI=1S/C27H25N3O4S/c1-32-20-14-18(15-21(33-2)25(20)34-3)26-23-24(17-10-6-4-7-11-17)29-30(19-12-8-5-9-13-19)27(23)28-22(31)16-35-26/h4-15,26H,16H2,1-3H3,(H,28,31). The lowest BCUT2D eigenvalue weighted by Gasteiger charge is -2.20. The third kappa shape index (κ3) is 4.21. The maximum absolute atomic E-state index is 12.9. The Balaban J connectivity index is 1.79. The number of amides is 1. The monoisotopic (exact) mass is 487 g/mol. The number of nitrogens with zero attached hydrogens (tertiary/aromatic N) is 2. The topological polar surface area (TPSA) is 74.6 Å². The number of aromatic nitrogens is 2. The third-order valence-electron chi connectivity index (χ3n) is 5.86. The molecule has 7 nitrogen and oxygen atoms in total. The number of methoxy groups -OCH3 is 3. The number of benzene rings is 3. The number of carbonyl (C=O) groups excluding carboxylic acids is 1. The fourth-order valence-corrected chi connectivity index (χ4v) is 5.40. The number of nitrogens with one attached hydrogen (secondary N) is 1. The van der Waals surface area contributed by atoms with Gasteiger partial charge in [-0.3, -0.25) is 4.79 Å². The number of thioether (sulfide) groups is 1. The Morgan fingerprint density at radius 1 is 0.914 bits per heavy atom. The van der Waals surface area contributed by atoms with E-state index in [2.05, 4.69) is 5.32 Å². The van der Waals surface area contributed by atoms with E-state index in [1.165, 1.54) is 11.8 Å². The van der Waals surface area contributed by atoms with Gasteiger partial charge >= 0.3 is 0 Å². The number of rotatable bonds is 6. The highest BCUT2D eigenvalue weighted by atomic mass is 32.2. The molecule has 1 aliphatic rings. The predicted molar refractivity (Wildman–Crippen MR) is 138 cm³/mol. The fourth-order valence-electron chi connectivity index (χ4n) is 4.29. The zero-order chi connectivity index (χ0) is 24.4. The largest absolute Gasteiger partial charge is 0.493 e. The highest BCUT2D eigenvalue weighted by molar-refractivity contribution is 8.00. The summed E-state index contributed by atoms with van der Waals surface area (Å²) in [7, 11) is 4.78. The van der Waals surface area contributed by atoms with Crippen LogP contribution >= 0.6 is 11.8 Å². The van der Waals surface area contributed by atoms with Crippen LogP contribution in [0.5, 0.6) is 17.2 Å². The van der Waals surface area contributed by atoms with Gasteiger partial charge in [0.2, 0.25) is 11.7 Å². The molecule has 0 spiro atoms. The van der Waals surface area contributed by atoms with Crippen molar-refractivity contribution in [3.63, 3.8) is 0 Å². The first-order valence-electron chi connectivity index (χ1n) is 11.1. The SMILES string of the molecule is COc1cc(C2SCC(=O)Nc3c2c(-c2ccccc2)nn3-c2ccccc2)cc(OC)c1OC. The molecule has 1 amide bonds. The summed E-state index contributed by atoms with van der Waals surface area (Å²) in [4.78, 5) is 12.9. The molecule has 3 aromatic carbocycles. The average Bonchev–Trinajstić information content (AvgIpc) is 3.18. The molecule has 8 heteroatoms. The van der Waals surface area contributed by atoms with Crippen LogP contribution in [-0.4, -0.2) is 42.8 Å². The van der Waals surface area contributed by atoms with Crippen molar-refractivity contribution < 1.29 is 19.0 Å². The number of anilines is 1. The molecule has 5 rings (SSSR count). The molecule has 0 radical (unpaired) electrons. The number of ether oxygens (including phenoxy) is 3. The molecule has 1 unspecified atom stereocenters. The van der Waals surface area contributed by atoms with Crippen LogP contribution in [0.25, 0.3) is 16.9 Å². The fraction of sp³-hybridized carbons (Fsp3) is 0.185. The van der Waals surface area contributed by atoms with Crippen LogP contribution in [0.3, 0.4) is 0 Å². The maximum Gasteiger partial charge on any atom is 0.235 e. The van der Waals surface area contributed by atoms with Crippen LogP contribution < -0.4 is 19.5 Å². The molecular formula is C27H25N3O4S. The molecular weight excluding hydrogens is 462 g/mol. The van der Waals surface area contributed by atoms with Gasteiger partial charge in [-0.1, -0.05) is 48.5 Å². The molecule has 35 heavy (non-hydrogen) atoms. The lowest BCUT2D eigenvalue weighted by molar-refractivity contribution is -0.113. The van der Waals surface area contributed by atoms with Crippen molar-refractivity contribution in [1.82, 2.24) is 9.78 Å². The van der Waals surface area contributed by atoms with E-state index in [-0.39, 0.29) is 11.2 Å². The van der Waals surface area contributed by atoms with E-state index in [4.69, 9.17) is 19.3 Å². The summed E-state index contributed by atoms with van der Waals surface area (Å²) in [5.74, 6) is 2.51. The first kappa shape index (κ1) is 22.9. The van der Waals surface area contributed by atoms with Crippen molar-refractivity contribution in [3.8, 4) is 34.2 Å². The smallest absolute Gasteiger partial charge is 0.235 e. The Kier molecular flexibility index (Phi) is 6.37. The van der Waals surface area contributed by atoms with Crippen molar-refractivity contribution in [2.45, 2.75) is 5.25 Å². The minimum Gasteiger partial charge on any atom is -0.493 e. The Morgan fingerprint density at radius 3 is 2.14 bits per heavy atom. The lowest BCUT2D eigenvalue weighted by atomic mass is 9.99. The van der Waals surface area contributed by atoms with Crippen molar-refractivity contribution in [2.24, 2.45) is 0 Å². The first-order chi connectivity index (χ1) is 17.1. The average molecular weight is 488 g/mol. The van der Waals surface area contributed by atoms with E-state index < -0.39 is 0 Å². The third-order valence-corrected chi connectivity index (χ3v) is 7.13. The molecule has 4 aromatic rings. The van der Waals surface area contributed by atoms with Crippen LogP contribution in [0, 0.1) is 0 Å². The van der Waals surface area contributed by atoms with Crippen LogP contribution in [-0.2, 0) is 4.79 Å². The van der Waals surface area contributed by atoms with Crippen LogP contribution in [0.15, 0.2) is 72.8 Å². The summed E-state index contributed by atoms with van der Waals surface area (Å²) in [5, 5.41) is 7.90. The van der Waals surface area contributed by atoms with E-state index in [1.807, 2.05) is 77.5 Å². The lowest BCUT2D eigenvalue weighted by Crippen LogP contribution is -2.15. The normalized spacial score (nSPS) is 15.1. The molecule has 178 valence electrons. The van der Waals surface area contributed by atoms with Gasteiger partial charge in [0.1, 0.15) is 5.82 Å². The van der Waals surface area contributed by atoms with Gasteiger partial charge in [-0.25, -0.2) is 4.68 Å². The Hall–Kier alpha value is -3.91. The van der Waals surface area contributed by atoms with Gasteiger partial charge in [-0.05, 0) is 29.8 Å². The highest BCUT2D eigenvalue weighted by Crippen LogP contribution is 2.50. The van der Waals surface area contributed by atoms with Crippen LogP contribution in [0.2, 0.25) is 0 Å². The van der Waals surface area contributed by atoms with Crippen molar-refractivity contribution in [1.29, 1.82) is 0 Å². The Labute approximate surface area is 208 Å². The molecule has 2 heterocycles. The number of para-hydroxylation sites is 1. The second-order valence-corrected chi connectivity index (χ2v) is 9.02. The predicted octanol–water partition coefficient (Wildman–Crippen LogP) is 5.34.